The Balaban J connectivity index is 2.68. The van der Waals surface area contributed by atoms with Crippen molar-refractivity contribution < 1.29 is 14.5 Å². The van der Waals surface area contributed by atoms with E-state index in [4.69, 9.17) is 0 Å². The lowest BCUT2D eigenvalue weighted by molar-refractivity contribution is -0.255. The lowest BCUT2D eigenvalue weighted by Gasteiger charge is -1.98. The van der Waals surface area contributed by atoms with Gasteiger partial charge in [-0.25, -0.2) is 4.63 Å². The van der Waals surface area contributed by atoms with E-state index in [-0.39, 0.29) is 5.56 Å². The molecule has 0 saturated carbocycles. The largest absolute Gasteiger partial charge is 0.545 e. The van der Waals surface area contributed by atoms with Crippen LogP contribution in [0.25, 0.3) is 11.0 Å². The summed E-state index contributed by atoms with van der Waals surface area (Å²) in [4.78, 5) is 10.4. The van der Waals surface area contributed by atoms with Gasteiger partial charge in [0.25, 0.3) is 0 Å². The van der Waals surface area contributed by atoms with Crippen molar-refractivity contribution in [2.75, 3.05) is 0 Å². The van der Waals surface area contributed by atoms with E-state index in [0.29, 0.717) is 11.0 Å². The molecule has 2 aromatic rings. The topological polar surface area (TPSA) is 79.0 Å². The number of carbonyl (C=O) groups excluding carboxylic acids is 1. The summed E-state index contributed by atoms with van der Waals surface area (Å²) in [5.41, 5.74) is 1.01. The summed E-state index contributed by atoms with van der Waals surface area (Å²) < 4.78 is 4.39. The molecule has 0 unspecified atom stereocenters. The predicted octanol–water partition coefficient (Wildman–Crippen LogP) is -0.414. The zero-order valence-corrected chi connectivity index (χ0v) is 5.85. The van der Waals surface area contributed by atoms with Gasteiger partial charge in [0.2, 0.25) is 0 Å². The van der Waals surface area contributed by atoms with Crippen molar-refractivity contribution in [2.45, 2.75) is 0 Å². The zero-order valence-electron chi connectivity index (χ0n) is 5.85. The SMILES string of the molecule is O=C([O-])c1ccc2nonc2c1. The Labute approximate surface area is 66.6 Å². The van der Waals surface area contributed by atoms with Gasteiger partial charge in [0, 0.05) is 0 Å². The fourth-order valence-electron chi connectivity index (χ4n) is 0.909. The maximum absolute atomic E-state index is 10.4. The Morgan fingerprint density at radius 2 is 2.08 bits per heavy atom. The van der Waals surface area contributed by atoms with E-state index >= 15 is 0 Å². The quantitative estimate of drug-likeness (QED) is 0.570. The number of carboxylic acids is 1. The van der Waals surface area contributed by atoms with Crippen LogP contribution in [0.2, 0.25) is 0 Å². The van der Waals surface area contributed by atoms with Gasteiger partial charge in [-0.15, -0.1) is 0 Å². The number of hydrogen-bond acceptors (Lipinski definition) is 5. The highest BCUT2D eigenvalue weighted by Crippen LogP contribution is 2.10. The summed E-state index contributed by atoms with van der Waals surface area (Å²) in [6.45, 7) is 0. The average molecular weight is 163 g/mol. The van der Waals surface area contributed by atoms with Crippen LogP contribution in [-0.2, 0) is 0 Å². The molecule has 0 spiro atoms. The third kappa shape index (κ3) is 0.914. The third-order valence-corrected chi connectivity index (χ3v) is 1.49. The summed E-state index contributed by atoms with van der Waals surface area (Å²) in [5, 5.41) is 17.4. The van der Waals surface area contributed by atoms with Crippen LogP contribution in [-0.4, -0.2) is 16.3 Å². The molecule has 0 amide bonds. The van der Waals surface area contributed by atoms with Crippen LogP contribution in [0, 0.1) is 0 Å². The van der Waals surface area contributed by atoms with Crippen LogP contribution < -0.4 is 5.11 Å². The van der Waals surface area contributed by atoms with Crippen LogP contribution in [0.1, 0.15) is 10.4 Å². The highest BCUT2D eigenvalue weighted by atomic mass is 16.6. The molecule has 0 aliphatic rings. The molecule has 0 aliphatic heterocycles. The zero-order chi connectivity index (χ0) is 8.55. The van der Waals surface area contributed by atoms with Crippen molar-refractivity contribution in [1.29, 1.82) is 0 Å². The highest BCUT2D eigenvalue weighted by Gasteiger charge is 2.00. The Kier molecular flexibility index (Phi) is 1.30. The molecule has 0 atom stereocenters. The second-order valence-electron chi connectivity index (χ2n) is 2.26. The highest BCUT2D eigenvalue weighted by molar-refractivity contribution is 5.90. The minimum atomic E-state index is -1.24. The first-order valence-electron chi connectivity index (χ1n) is 3.21. The van der Waals surface area contributed by atoms with Gasteiger partial charge in [-0.05, 0) is 28.0 Å². The maximum atomic E-state index is 10.4. The van der Waals surface area contributed by atoms with Gasteiger partial charge in [-0.3, -0.25) is 0 Å². The monoisotopic (exact) mass is 163 g/mol. The smallest absolute Gasteiger partial charge is 0.135 e. The molecule has 0 aliphatic carbocycles. The van der Waals surface area contributed by atoms with Gasteiger partial charge in [-0.2, -0.15) is 0 Å². The molecule has 0 radical (unpaired) electrons. The van der Waals surface area contributed by atoms with Crippen LogP contribution >= 0.6 is 0 Å². The van der Waals surface area contributed by atoms with Gasteiger partial charge in [0.1, 0.15) is 11.0 Å². The van der Waals surface area contributed by atoms with Crippen LogP contribution in [0.3, 0.4) is 0 Å². The average Bonchev–Trinajstić information content (AvgIpc) is 2.49. The molecule has 12 heavy (non-hydrogen) atoms. The van der Waals surface area contributed by atoms with E-state index in [2.05, 4.69) is 14.9 Å². The molecule has 0 saturated heterocycles. The van der Waals surface area contributed by atoms with Crippen LogP contribution in [0.4, 0.5) is 0 Å². The molecule has 0 N–H and O–H groups in total. The summed E-state index contributed by atoms with van der Waals surface area (Å²) >= 11 is 0. The van der Waals surface area contributed by atoms with Gasteiger partial charge in [0.05, 0.1) is 5.97 Å². The Bertz CT molecular complexity index is 435. The molecular formula is C7H3N2O3-. The summed E-state index contributed by atoms with van der Waals surface area (Å²) in [7, 11) is 0. The Morgan fingerprint density at radius 3 is 2.83 bits per heavy atom. The first-order chi connectivity index (χ1) is 5.77. The number of hydrogen-bond donors (Lipinski definition) is 0. The molecule has 5 heteroatoms. The van der Waals surface area contributed by atoms with Crippen LogP contribution in [0.15, 0.2) is 22.8 Å². The summed E-state index contributed by atoms with van der Waals surface area (Å²) in [6, 6.07) is 4.25. The van der Waals surface area contributed by atoms with Crippen molar-refractivity contribution >= 4 is 17.0 Å². The number of nitrogens with zero attached hydrogens (tertiary/aromatic N) is 2. The standard InChI is InChI=1S/C7H4N2O3/c10-7(11)4-1-2-5-6(3-4)9-12-8-5/h1-3H,(H,10,11)/p-1. The van der Waals surface area contributed by atoms with Gasteiger partial charge in [-0.1, -0.05) is 6.07 Å². The molecule has 2 rings (SSSR count). The molecule has 60 valence electrons. The van der Waals surface area contributed by atoms with Gasteiger partial charge >= 0.3 is 0 Å². The number of aromatic carboxylic acids is 1. The minimum absolute atomic E-state index is 0.0678. The summed E-state index contributed by atoms with van der Waals surface area (Å²) in [6.07, 6.45) is 0. The van der Waals surface area contributed by atoms with Gasteiger partial charge < -0.3 is 9.90 Å². The van der Waals surface area contributed by atoms with Crippen molar-refractivity contribution in [1.82, 2.24) is 10.3 Å². The van der Waals surface area contributed by atoms with E-state index in [0.717, 1.165) is 0 Å². The summed E-state index contributed by atoms with van der Waals surface area (Å²) in [5.74, 6) is -1.24. The van der Waals surface area contributed by atoms with E-state index in [1.807, 2.05) is 0 Å². The fourth-order valence-corrected chi connectivity index (χ4v) is 0.909. The molecule has 5 nitrogen and oxygen atoms in total. The number of carboxylic acid groups (broad SMARTS) is 1. The number of benzene rings is 1. The van der Waals surface area contributed by atoms with Crippen molar-refractivity contribution in [2.24, 2.45) is 0 Å². The molecule has 1 heterocycles. The predicted molar refractivity (Wildman–Crippen MR) is 36.1 cm³/mol. The molecular weight excluding hydrogens is 160 g/mol. The van der Waals surface area contributed by atoms with E-state index in [9.17, 15) is 9.90 Å². The van der Waals surface area contributed by atoms with Crippen LogP contribution in [0.5, 0.6) is 0 Å². The first kappa shape index (κ1) is 6.78. The number of aromatic nitrogens is 2. The van der Waals surface area contributed by atoms with Gasteiger partial charge in [0.15, 0.2) is 0 Å². The van der Waals surface area contributed by atoms with Crippen molar-refractivity contribution in [3.8, 4) is 0 Å². The third-order valence-electron chi connectivity index (χ3n) is 1.49. The Hall–Kier alpha value is -1.91. The normalized spacial score (nSPS) is 10.3. The maximum Gasteiger partial charge on any atom is 0.135 e. The molecule has 0 bridgehead atoms. The van der Waals surface area contributed by atoms with E-state index in [1.54, 1.807) is 0 Å². The van der Waals surface area contributed by atoms with E-state index in [1.165, 1.54) is 18.2 Å². The Morgan fingerprint density at radius 1 is 1.33 bits per heavy atom. The second kappa shape index (κ2) is 2.30. The number of carbonyl (C=O) groups is 1. The van der Waals surface area contributed by atoms with Crippen molar-refractivity contribution in [3.05, 3.63) is 23.8 Å². The van der Waals surface area contributed by atoms with Crippen molar-refractivity contribution in [3.63, 3.8) is 0 Å². The lowest BCUT2D eigenvalue weighted by atomic mass is 10.2. The second-order valence-corrected chi connectivity index (χ2v) is 2.26. The number of fused-ring (bicyclic) bond motifs is 1. The minimum Gasteiger partial charge on any atom is -0.545 e. The number of rotatable bonds is 1. The molecule has 1 aromatic heterocycles. The van der Waals surface area contributed by atoms with E-state index < -0.39 is 5.97 Å². The molecule has 0 fully saturated rings. The fraction of sp³-hybridized carbons (Fsp3) is 0. The first-order valence-corrected chi connectivity index (χ1v) is 3.21. The lowest BCUT2D eigenvalue weighted by Crippen LogP contribution is -2.21. The molecule has 1 aromatic carbocycles.